The summed E-state index contributed by atoms with van der Waals surface area (Å²) < 4.78 is 5.06. The number of nitriles is 1. The molecule has 74 valence electrons. The van der Waals surface area contributed by atoms with Crippen LogP contribution in [0.2, 0.25) is 0 Å². The Hall–Kier alpha value is -1.53. The maximum absolute atomic E-state index is 9.08. The van der Waals surface area contributed by atoms with E-state index in [0.29, 0.717) is 5.75 Å². The lowest BCUT2D eigenvalue weighted by Crippen LogP contribution is -1.98. The van der Waals surface area contributed by atoms with Crippen LogP contribution in [0, 0.1) is 11.3 Å². The molecule has 0 aliphatic rings. The van der Waals surface area contributed by atoms with Crippen LogP contribution in [0.5, 0.6) is 5.75 Å². The Morgan fingerprint density at radius 3 is 2.79 bits per heavy atom. The lowest BCUT2D eigenvalue weighted by molar-refractivity contribution is 0.280. The van der Waals surface area contributed by atoms with Crippen LogP contribution in [0.3, 0.4) is 0 Å². The molecule has 1 rings (SSSR count). The smallest absolute Gasteiger partial charge is 0.119 e. The van der Waals surface area contributed by atoms with E-state index in [1.807, 2.05) is 0 Å². The third-order valence-corrected chi connectivity index (χ3v) is 2.18. The van der Waals surface area contributed by atoms with Crippen LogP contribution < -0.4 is 4.74 Å². The van der Waals surface area contributed by atoms with Gasteiger partial charge >= 0.3 is 0 Å². The number of hydrogen-bond donors (Lipinski definition) is 1. The summed E-state index contributed by atoms with van der Waals surface area (Å²) in [5.74, 6) is 0.478. The van der Waals surface area contributed by atoms with Gasteiger partial charge in [0, 0.05) is 0 Å². The van der Waals surface area contributed by atoms with Crippen molar-refractivity contribution in [2.24, 2.45) is 0 Å². The Bertz CT molecular complexity index is 355. The standard InChI is InChI=1S/C11H13NO2/c1-8(6-12)11-5-10(14-2)4-3-9(11)7-13/h3-5,8,13H,7H2,1-2H3. The van der Waals surface area contributed by atoms with E-state index in [2.05, 4.69) is 6.07 Å². The highest BCUT2D eigenvalue weighted by atomic mass is 16.5. The topological polar surface area (TPSA) is 53.2 Å². The average Bonchev–Trinajstić information content (AvgIpc) is 2.27. The van der Waals surface area contributed by atoms with Crippen LogP contribution in [0.1, 0.15) is 24.0 Å². The summed E-state index contributed by atoms with van der Waals surface area (Å²) in [6.45, 7) is 1.75. The summed E-state index contributed by atoms with van der Waals surface area (Å²) in [4.78, 5) is 0. The average molecular weight is 191 g/mol. The molecule has 0 spiro atoms. The van der Waals surface area contributed by atoms with Crippen molar-refractivity contribution in [2.75, 3.05) is 7.11 Å². The molecule has 0 aromatic heterocycles. The molecule has 0 fully saturated rings. The van der Waals surface area contributed by atoms with Gasteiger partial charge in [0.1, 0.15) is 5.75 Å². The fourth-order valence-corrected chi connectivity index (χ4v) is 1.32. The normalized spacial score (nSPS) is 11.9. The summed E-state index contributed by atoms with van der Waals surface area (Å²) >= 11 is 0. The molecule has 0 heterocycles. The lowest BCUT2D eigenvalue weighted by Gasteiger charge is -2.10. The van der Waals surface area contributed by atoms with Gasteiger partial charge in [0.2, 0.25) is 0 Å². The molecule has 0 saturated heterocycles. The minimum Gasteiger partial charge on any atom is -0.497 e. The van der Waals surface area contributed by atoms with Crippen LogP contribution in [0.15, 0.2) is 18.2 Å². The minimum absolute atomic E-state index is 0.0503. The molecular weight excluding hydrogens is 178 g/mol. The molecule has 14 heavy (non-hydrogen) atoms. The number of nitrogens with zero attached hydrogens (tertiary/aromatic N) is 1. The van der Waals surface area contributed by atoms with Crippen LogP contribution in [-0.4, -0.2) is 12.2 Å². The SMILES string of the molecule is COc1ccc(CO)c(C(C)C#N)c1. The van der Waals surface area contributed by atoms with Gasteiger partial charge in [-0.2, -0.15) is 5.26 Å². The van der Waals surface area contributed by atoms with E-state index in [-0.39, 0.29) is 12.5 Å². The number of aliphatic hydroxyl groups is 1. The maximum atomic E-state index is 9.08. The molecule has 1 atom stereocenters. The second kappa shape index (κ2) is 4.64. The van der Waals surface area contributed by atoms with Gasteiger partial charge in [0.15, 0.2) is 0 Å². The number of hydrogen-bond acceptors (Lipinski definition) is 3. The number of aliphatic hydroxyl groups excluding tert-OH is 1. The lowest BCUT2D eigenvalue weighted by atomic mass is 9.97. The predicted octanol–water partition coefficient (Wildman–Crippen LogP) is 1.81. The van der Waals surface area contributed by atoms with Gasteiger partial charge in [0.25, 0.3) is 0 Å². The monoisotopic (exact) mass is 191 g/mol. The van der Waals surface area contributed by atoms with Gasteiger partial charge in [-0.25, -0.2) is 0 Å². The zero-order valence-corrected chi connectivity index (χ0v) is 8.32. The van der Waals surface area contributed by atoms with Gasteiger partial charge in [0.05, 0.1) is 25.7 Å². The highest BCUT2D eigenvalue weighted by molar-refractivity contribution is 5.39. The minimum atomic E-state index is -0.229. The molecule has 0 bridgehead atoms. The summed E-state index contributed by atoms with van der Waals surface area (Å²) in [7, 11) is 1.58. The number of rotatable bonds is 3. The van der Waals surface area contributed by atoms with Gasteiger partial charge in [-0.15, -0.1) is 0 Å². The molecular formula is C11H13NO2. The van der Waals surface area contributed by atoms with Crippen molar-refractivity contribution in [3.63, 3.8) is 0 Å². The second-order valence-corrected chi connectivity index (χ2v) is 3.07. The first-order valence-corrected chi connectivity index (χ1v) is 4.40. The molecule has 0 saturated carbocycles. The number of methoxy groups -OCH3 is 1. The van der Waals surface area contributed by atoms with Gasteiger partial charge in [-0.1, -0.05) is 6.07 Å². The van der Waals surface area contributed by atoms with E-state index in [1.165, 1.54) is 0 Å². The molecule has 1 aromatic rings. The summed E-state index contributed by atoms with van der Waals surface area (Å²) in [6.07, 6.45) is 0. The highest BCUT2D eigenvalue weighted by Gasteiger charge is 2.10. The Kier molecular flexibility index (Phi) is 3.49. The Morgan fingerprint density at radius 2 is 2.29 bits per heavy atom. The third kappa shape index (κ3) is 2.04. The summed E-state index contributed by atoms with van der Waals surface area (Å²) in [5.41, 5.74) is 1.61. The number of benzene rings is 1. The third-order valence-electron chi connectivity index (χ3n) is 2.18. The van der Waals surface area contributed by atoms with Crippen molar-refractivity contribution in [2.45, 2.75) is 19.4 Å². The molecule has 0 aliphatic carbocycles. The second-order valence-electron chi connectivity index (χ2n) is 3.07. The van der Waals surface area contributed by atoms with Crippen molar-refractivity contribution in [3.8, 4) is 11.8 Å². The molecule has 3 nitrogen and oxygen atoms in total. The Balaban J connectivity index is 3.16. The molecule has 1 N–H and O–H groups in total. The fraction of sp³-hybridized carbons (Fsp3) is 0.364. The predicted molar refractivity (Wildman–Crippen MR) is 52.9 cm³/mol. The summed E-state index contributed by atoms with van der Waals surface area (Å²) in [6, 6.07) is 7.49. The molecule has 1 unspecified atom stereocenters. The van der Waals surface area contributed by atoms with E-state index in [9.17, 15) is 0 Å². The van der Waals surface area contributed by atoms with Crippen molar-refractivity contribution in [3.05, 3.63) is 29.3 Å². The van der Waals surface area contributed by atoms with E-state index in [4.69, 9.17) is 15.1 Å². The van der Waals surface area contributed by atoms with E-state index in [1.54, 1.807) is 32.2 Å². The zero-order chi connectivity index (χ0) is 10.6. The highest BCUT2D eigenvalue weighted by Crippen LogP contribution is 2.24. The molecule has 1 aromatic carbocycles. The summed E-state index contributed by atoms with van der Waals surface area (Å²) in [5, 5.41) is 17.9. The van der Waals surface area contributed by atoms with Crippen LogP contribution in [0.25, 0.3) is 0 Å². The van der Waals surface area contributed by atoms with Crippen LogP contribution in [0.4, 0.5) is 0 Å². The first-order valence-electron chi connectivity index (χ1n) is 4.40. The quantitative estimate of drug-likeness (QED) is 0.792. The van der Waals surface area contributed by atoms with Gasteiger partial charge < -0.3 is 9.84 Å². The molecule has 0 aliphatic heterocycles. The largest absolute Gasteiger partial charge is 0.497 e. The maximum Gasteiger partial charge on any atom is 0.119 e. The first kappa shape index (κ1) is 10.6. The van der Waals surface area contributed by atoms with Crippen molar-refractivity contribution in [1.82, 2.24) is 0 Å². The van der Waals surface area contributed by atoms with Crippen molar-refractivity contribution >= 4 is 0 Å². The van der Waals surface area contributed by atoms with Crippen molar-refractivity contribution < 1.29 is 9.84 Å². The van der Waals surface area contributed by atoms with Gasteiger partial charge in [-0.3, -0.25) is 0 Å². The molecule has 0 amide bonds. The van der Waals surface area contributed by atoms with Crippen molar-refractivity contribution in [1.29, 1.82) is 5.26 Å². The Morgan fingerprint density at radius 1 is 1.57 bits per heavy atom. The van der Waals surface area contributed by atoms with E-state index < -0.39 is 0 Å². The van der Waals surface area contributed by atoms with Crippen LogP contribution in [-0.2, 0) is 6.61 Å². The molecule has 3 heteroatoms. The van der Waals surface area contributed by atoms with E-state index in [0.717, 1.165) is 11.1 Å². The zero-order valence-electron chi connectivity index (χ0n) is 8.32. The number of ether oxygens (including phenoxy) is 1. The first-order chi connectivity index (χ1) is 6.72. The van der Waals surface area contributed by atoms with Gasteiger partial charge in [-0.05, 0) is 30.2 Å². The Labute approximate surface area is 83.6 Å². The van der Waals surface area contributed by atoms with Crippen LogP contribution >= 0.6 is 0 Å². The fourth-order valence-electron chi connectivity index (χ4n) is 1.32. The van der Waals surface area contributed by atoms with E-state index >= 15 is 0 Å². The molecule has 0 radical (unpaired) electrons.